The van der Waals surface area contributed by atoms with E-state index in [0.717, 1.165) is 6.20 Å². The van der Waals surface area contributed by atoms with Crippen LogP contribution in [0.2, 0.25) is 5.02 Å². The van der Waals surface area contributed by atoms with Crippen molar-refractivity contribution in [2.24, 2.45) is 7.05 Å². The molecule has 1 aromatic rings. The number of hydrogen-bond acceptors (Lipinski definition) is 4. The quantitative estimate of drug-likeness (QED) is 0.627. The van der Waals surface area contributed by atoms with Crippen molar-refractivity contribution in [1.82, 2.24) is 4.57 Å². The second-order valence-electron chi connectivity index (χ2n) is 2.93. The van der Waals surface area contributed by atoms with Crippen molar-refractivity contribution < 1.29 is 17.9 Å². The van der Waals surface area contributed by atoms with Gasteiger partial charge >= 0.3 is 5.97 Å². The fourth-order valence-corrected chi connectivity index (χ4v) is 2.80. The fourth-order valence-electron chi connectivity index (χ4n) is 1.17. The molecule has 5 nitrogen and oxygen atoms in total. The summed E-state index contributed by atoms with van der Waals surface area (Å²) in [4.78, 5) is 11.2. The minimum Gasteiger partial charge on any atom is -0.461 e. The van der Waals surface area contributed by atoms with Crippen LogP contribution < -0.4 is 0 Å². The van der Waals surface area contributed by atoms with Crippen LogP contribution in [0.1, 0.15) is 17.4 Å². The molecular weight excluding hydrogens is 277 g/mol. The first-order valence-electron chi connectivity index (χ1n) is 4.25. The topological polar surface area (TPSA) is 65.4 Å². The Balaban J connectivity index is 3.34. The van der Waals surface area contributed by atoms with Crippen LogP contribution >= 0.6 is 22.3 Å². The molecule has 8 heteroatoms. The monoisotopic (exact) mass is 285 g/mol. The molecule has 0 radical (unpaired) electrons. The molecule has 0 fully saturated rings. The van der Waals surface area contributed by atoms with Crippen molar-refractivity contribution in [3.63, 3.8) is 0 Å². The number of aryl methyl sites for hydroxylation is 1. The molecule has 1 rings (SSSR count). The normalized spacial score (nSPS) is 11.5. The number of hydrogen-bond donors (Lipinski definition) is 0. The Labute approximate surface area is 102 Å². The van der Waals surface area contributed by atoms with Crippen LogP contribution in [-0.4, -0.2) is 25.6 Å². The molecule has 0 spiro atoms. The Kier molecular flexibility index (Phi) is 3.88. The molecule has 0 saturated carbocycles. The SMILES string of the molecule is CCOC(=O)c1c(Cl)c(S(=O)(=O)Cl)cn1C. The van der Waals surface area contributed by atoms with Crippen LogP contribution in [-0.2, 0) is 20.8 Å². The maximum Gasteiger partial charge on any atom is 0.356 e. The van der Waals surface area contributed by atoms with Gasteiger partial charge in [-0.1, -0.05) is 11.6 Å². The molecule has 0 aromatic carbocycles. The van der Waals surface area contributed by atoms with Gasteiger partial charge in [0, 0.05) is 23.9 Å². The summed E-state index contributed by atoms with van der Waals surface area (Å²) in [6, 6.07) is 0. The summed E-state index contributed by atoms with van der Waals surface area (Å²) in [5.74, 6) is -0.693. The predicted molar refractivity (Wildman–Crippen MR) is 59.4 cm³/mol. The lowest BCUT2D eigenvalue weighted by molar-refractivity contribution is 0.0515. The van der Waals surface area contributed by atoms with Gasteiger partial charge in [-0.05, 0) is 6.92 Å². The van der Waals surface area contributed by atoms with E-state index in [-0.39, 0.29) is 22.2 Å². The lowest BCUT2D eigenvalue weighted by atomic mass is 10.4. The van der Waals surface area contributed by atoms with E-state index in [4.69, 9.17) is 27.0 Å². The Morgan fingerprint density at radius 3 is 2.50 bits per heavy atom. The van der Waals surface area contributed by atoms with Gasteiger partial charge in [0.1, 0.15) is 10.6 Å². The molecule has 90 valence electrons. The summed E-state index contributed by atoms with van der Waals surface area (Å²) in [6.07, 6.45) is 1.16. The molecule has 0 aliphatic heterocycles. The molecule has 0 N–H and O–H groups in total. The highest BCUT2D eigenvalue weighted by atomic mass is 35.7. The Morgan fingerprint density at radius 2 is 2.12 bits per heavy atom. The number of carbonyl (C=O) groups excluding carboxylic acids is 1. The van der Waals surface area contributed by atoms with Crippen LogP contribution in [0.25, 0.3) is 0 Å². The van der Waals surface area contributed by atoms with Gasteiger partial charge < -0.3 is 9.30 Å². The molecule has 0 saturated heterocycles. The van der Waals surface area contributed by atoms with Gasteiger partial charge in [-0.15, -0.1) is 0 Å². The molecule has 0 aliphatic rings. The molecule has 0 unspecified atom stereocenters. The summed E-state index contributed by atoms with van der Waals surface area (Å²) in [6.45, 7) is 1.80. The van der Waals surface area contributed by atoms with Gasteiger partial charge in [0.2, 0.25) is 0 Å². The van der Waals surface area contributed by atoms with Crippen LogP contribution in [0.15, 0.2) is 11.1 Å². The van der Waals surface area contributed by atoms with Gasteiger partial charge in [0.25, 0.3) is 9.05 Å². The molecular formula is C8H9Cl2NO4S. The third kappa shape index (κ3) is 2.50. The maximum atomic E-state index is 11.5. The van der Waals surface area contributed by atoms with Crippen molar-refractivity contribution in [2.45, 2.75) is 11.8 Å². The second-order valence-corrected chi connectivity index (χ2v) is 5.84. The van der Waals surface area contributed by atoms with Gasteiger partial charge in [-0.25, -0.2) is 13.2 Å². The molecule has 16 heavy (non-hydrogen) atoms. The third-order valence-corrected chi connectivity index (χ3v) is 3.65. The largest absolute Gasteiger partial charge is 0.461 e. The summed E-state index contributed by atoms with van der Waals surface area (Å²) in [7, 11) is 2.66. The minimum atomic E-state index is -3.97. The van der Waals surface area contributed by atoms with E-state index >= 15 is 0 Å². The zero-order valence-electron chi connectivity index (χ0n) is 8.53. The highest BCUT2D eigenvalue weighted by Gasteiger charge is 2.26. The van der Waals surface area contributed by atoms with E-state index in [9.17, 15) is 13.2 Å². The van der Waals surface area contributed by atoms with Crippen LogP contribution in [0.3, 0.4) is 0 Å². The van der Waals surface area contributed by atoms with Crippen molar-refractivity contribution >= 4 is 37.3 Å². The molecule has 1 aromatic heterocycles. The second kappa shape index (κ2) is 4.65. The first-order chi connectivity index (χ1) is 7.29. The summed E-state index contributed by atoms with van der Waals surface area (Å²) in [5.41, 5.74) is -0.0391. The predicted octanol–water partition coefficient (Wildman–Crippen LogP) is 1.78. The zero-order valence-corrected chi connectivity index (χ0v) is 10.9. The van der Waals surface area contributed by atoms with E-state index < -0.39 is 15.0 Å². The van der Waals surface area contributed by atoms with E-state index in [0.29, 0.717) is 0 Å². The zero-order chi connectivity index (χ0) is 12.5. The number of aromatic nitrogens is 1. The standard InChI is InChI=1S/C8H9Cl2NO4S/c1-3-15-8(12)7-6(9)5(4-11(7)2)16(10,13)14/h4H,3H2,1-2H3. The van der Waals surface area contributed by atoms with E-state index in [1.54, 1.807) is 6.92 Å². The van der Waals surface area contributed by atoms with Gasteiger partial charge in [-0.3, -0.25) is 0 Å². The van der Waals surface area contributed by atoms with Gasteiger partial charge in [-0.2, -0.15) is 0 Å². The van der Waals surface area contributed by atoms with Gasteiger partial charge in [0.05, 0.1) is 11.6 Å². The molecule has 0 aliphatic carbocycles. The summed E-state index contributed by atoms with van der Waals surface area (Å²) >= 11 is 5.76. The van der Waals surface area contributed by atoms with Crippen LogP contribution in [0.4, 0.5) is 0 Å². The molecule has 0 bridgehead atoms. The maximum absolute atomic E-state index is 11.5. The van der Waals surface area contributed by atoms with Crippen molar-refractivity contribution in [1.29, 1.82) is 0 Å². The number of carbonyl (C=O) groups is 1. The molecule has 0 amide bonds. The molecule has 1 heterocycles. The Bertz CT molecular complexity index is 520. The Hall–Kier alpha value is -0.720. The first-order valence-corrected chi connectivity index (χ1v) is 6.94. The van der Waals surface area contributed by atoms with Gasteiger partial charge in [0.15, 0.2) is 0 Å². The van der Waals surface area contributed by atoms with Crippen molar-refractivity contribution in [3.05, 3.63) is 16.9 Å². The minimum absolute atomic E-state index is 0.0391. The van der Waals surface area contributed by atoms with Crippen molar-refractivity contribution in [3.8, 4) is 0 Å². The first kappa shape index (κ1) is 13.3. The molecule has 0 atom stereocenters. The lowest BCUT2D eigenvalue weighted by Crippen LogP contribution is -2.09. The highest BCUT2D eigenvalue weighted by Crippen LogP contribution is 2.29. The average Bonchev–Trinajstić information content (AvgIpc) is 2.41. The fraction of sp³-hybridized carbons (Fsp3) is 0.375. The van der Waals surface area contributed by atoms with E-state index in [1.165, 1.54) is 11.6 Å². The van der Waals surface area contributed by atoms with Crippen LogP contribution in [0.5, 0.6) is 0 Å². The summed E-state index contributed by atoms with van der Waals surface area (Å²) < 4.78 is 28.2. The number of rotatable bonds is 3. The number of ether oxygens (including phenoxy) is 1. The summed E-state index contributed by atoms with van der Waals surface area (Å²) in [5, 5.41) is -0.226. The number of esters is 1. The smallest absolute Gasteiger partial charge is 0.356 e. The highest BCUT2D eigenvalue weighted by molar-refractivity contribution is 8.13. The third-order valence-electron chi connectivity index (χ3n) is 1.82. The average molecular weight is 286 g/mol. The number of nitrogens with zero attached hydrogens (tertiary/aromatic N) is 1. The van der Waals surface area contributed by atoms with E-state index in [1.807, 2.05) is 0 Å². The lowest BCUT2D eigenvalue weighted by Gasteiger charge is -2.02. The van der Waals surface area contributed by atoms with Crippen molar-refractivity contribution in [2.75, 3.05) is 6.61 Å². The Morgan fingerprint density at radius 1 is 1.56 bits per heavy atom. The van der Waals surface area contributed by atoms with Crippen LogP contribution in [0, 0.1) is 0 Å². The number of halogens is 2. The van der Waals surface area contributed by atoms with E-state index in [2.05, 4.69) is 0 Å².